The van der Waals surface area contributed by atoms with E-state index in [2.05, 4.69) is 6.07 Å². The lowest BCUT2D eigenvalue weighted by molar-refractivity contribution is 0.414. The summed E-state index contributed by atoms with van der Waals surface area (Å²) in [4.78, 5) is 1.91. The van der Waals surface area contributed by atoms with Crippen molar-refractivity contribution < 1.29 is 4.74 Å². The third kappa shape index (κ3) is 4.04. The Bertz CT molecular complexity index is 467. The molecule has 1 aromatic rings. The van der Waals surface area contributed by atoms with Gasteiger partial charge < -0.3 is 9.64 Å². The maximum absolute atomic E-state index is 9.10. The van der Waals surface area contributed by atoms with E-state index in [-0.39, 0.29) is 0 Å². The van der Waals surface area contributed by atoms with Gasteiger partial charge in [0, 0.05) is 14.1 Å². The third-order valence-corrected chi connectivity index (χ3v) is 2.15. The number of ether oxygens (including phenoxy) is 1. The molecule has 0 aromatic heterocycles. The fraction of sp³-hybridized carbons (Fsp3) is 0.214. The summed E-state index contributed by atoms with van der Waals surface area (Å²) in [6.07, 6.45) is 5.52. The van der Waals surface area contributed by atoms with Gasteiger partial charge in [-0.05, 0) is 36.0 Å². The summed E-state index contributed by atoms with van der Waals surface area (Å²) in [5.74, 6) is 0.750. The largest absolute Gasteiger partial charge is 0.497 e. The van der Waals surface area contributed by atoms with E-state index in [1.165, 1.54) is 0 Å². The van der Waals surface area contributed by atoms with E-state index in [0.29, 0.717) is 5.57 Å². The van der Waals surface area contributed by atoms with Gasteiger partial charge in [-0.3, -0.25) is 0 Å². The van der Waals surface area contributed by atoms with Gasteiger partial charge in [-0.25, -0.2) is 0 Å². The number of methoxy groups -OCH3 is 1. The molecular formula is C14H16N2O. The lowest BCUT2D eigenvalue weighted by Crippen LogP contribution is -1.99. The molecule has 17 heavy (non-hydrogen) atoms. The Kier molecular flexibility index (Phi) is 4.83. The Hall–Kier alpha value is -2.21. The van der Waals surface area contributed by atoms with Crippen molar-refractivity contribution in [2.75, 3.05) is 21.2 Å². The highest BCUT2D eigenvalue weighted by molar-refractivity contribution is 5.78. The summed E-state index contributed by atoms with van der Waals surface area (Å²) < 4.78 is 5.13. The fourth-order valence-corrected chi connectivity index (χ4v) is 1.30. The second-order valence-electron chi connectivity index (χ2n) is 3.73. The van der Waals surface area contributed by atoms with Crippen LogP contribution in [0.1, 0.15) is 5.56 Å². The topological polar surface area (TPSA) is 36.3 Å². The van der Waals surface area contributed by atoms with Crippen LogP contribution in [-0.2, 0) is 0 Å². The van der Waals surface area contributed by atoms with E-state index in [1.807, 2.05) is 55.5 Å². The van der Waals surface area contributed by atoms with Crippen LogP contribution in [0.5, 0.6) is 5.75 Å². The molecule has 0 fully saturated rings. The van der Waals surface area contributed by atoms with Crippen LogP contribution in [0, 0.1) is 11.3 Å². The van der Waals surface area contributed by atoms with Gasteiger partial charge in [0.05, 0.1) is 18.8 Å². The molecule has 0 aliphatic carbocycles. The second kappa shape index (κ2) is 6.39. The average Bonchev–Trinajstić information content (AvgIpc) is 2.34. The molecule has 1 aromatic carbocycles. The fourth-order valence-electron chi connectivity index (χ4n) is 1.30. The van der Waals surface area contributed by atoms with Crippen molar-refractivity contribution in [2.45, 2.75) is 0 Å². The van der Waals surface area contributed by atoms with Crippen LogP contribution in [0.15, 0.2) is 42.6 Å². The minimum atomic E-state index is 0.613. The van der Waals surface area contributed by atoms with Crippen LogP contribution in [0.4, 0.5) is 0 Å². The van der Waals surface area contributed by atoms with Crippen molar-refractivity contribution in [1.82, 2.24) is 4.90 Å². The zero-order chi connectivity index (χ0) is 12.7. The van der Waals surface area contributed by atoms with Crippen LogP contribution in [0.2, 0.25) is 0 Å². The monoisotopic (exact) mass is 228 g/mol. The number of benzene rings is 1. The van der Waals surface area contributed by atoms with Crippen LogP contribution >= 0.6 is 0 Å². The van der Waals surface area contributed by atoms with Crippen molar-refractivity contribution in [3.63, 3.8) is 0 Å². The quantitative estimate of drug-likeness (QED) is 0.587. The summed E-state index contributed by atoms with van der Waals surface area (Å²) in [5, 5.41) is 9.10. The molecule has 0 aliphatic heterocycles. The first-order valence-corrected chi connectivity index (χ1v) is 5.27. The lowest BCUT2D eigenvalue weighted by Gasteiger charge is -2.03. The number of allylic oxidation sites excluding steroid dienone is 3. The predicted octanol–water partition coefficient (Wildman–Crippen LogP) is 2.68. The Morgan fingerprint density at radius 2 is 2.18 bits per heavy atom. The van der Waals surface area contributed by atoms with Crippen LogP contribution in [0.25, 0.3) is 5.57 Å². The number of hydrogen-bond acceptors (Lipinski definition) is 3. The van der Waals surface area contributed by atoms with E-state index < -0.39 is 0 Å². The van der Waals surface area contributed by atoms with E-state index in [0.717, 1.165) is 11.3 Å². The first kappa shape index (κ1) is 12.9. The molecule has 0 amide bonds. The summed E-state index contributed by atoms with van der Waals surface area (Å²) in [6, 6.07) is 9.64. The molecule has 0 heterocycles. The molecule has 0 atom stereocenters. The normalized spacial score (nSPS) is 11.3. The van der Waals surface area contributed by atoms with Crippen molar-refractivity contribution in [1.29, 1.82) is 5.26 Å². The van der Waals surface area contributed by atoms with E-state index in [1.54, 1.807) is 13.2 Å². The minimum Gasteiger partial charge on any atom is -0.497 e. The van der Waals surface area contributed by atoms with Crippen LogP contribution in [0.3, 0.4) is 0 Å². The minimum absolute atomic E-state index is 0.613. The van der Waals surface area contributed by atoms with Gasteiger partial charge in [-0.1, -0.05) is 12.1 Å². The summed E-state index contributed by atoms with van der Waals surface area (Å²) in [5.41, 5.74) is 1.47. The highest BCUT2D eigenvalue weighted by Crippen LogP contribution is 2.19. The van der Waals surface area contributed by atoms with E-state index in [4.69, 9.17) is 10.00 Å². The molecule has 0 radical (unpaired) electrons. The number of hydrogen-bond donors (Lipinski definition) is 0. The maximum atomic E-state index is 9.10. The van der Waals surface area contributed by atoms with Gasteiger partial charge in [0.25, 0.3) is 0 Å². The van der Waals surface area contributed by atoms with Gasteiger partial charge in [0.1, 0.15) is 5.75 Å². The zero-order valence-corrected chi connectivity index (χ0v) is 10.3. The summed E-state index contributed by atoms with van der Waals surface area (Å²) in [7, 11) is 5.48. The SMILES string of the molecule is COc1cccc(/C(C#N)=C/C=C/N(C)C)c1. The van der Waals surface area contributed by atoms with Crippen molar-refractivity contribution in [3.8, 4) is 11.8 Å². The molecule has 0 N–H and O–H groups in total. The highest BCUT2D eigenvalue weighted by atomic mass is 16.5. The van der Waals surface area contributed by atoms with Gasteiger partial charge in [0.15, 0.2) is 0 Å². The Morgan fingerprint density at radius 1 is 1.41 bits per heavy atom. The highest BCUT2D eigenvalue weighted by Gasteiger charge is 2.00. The Balaban J connectivity index is 2.98. The van der Waals surface area contributed by atoms with Crippen molar-refractivity contribution >= 4 is 5.57 Å². The van der Waals surface area contributed by atoms with Gasteiger partial charge in [0.2, 0.25) is 0 Å². The molecule has 3 nitrogen and oxygen atoms in total. The van der Waals surface area contributed by atoms with Crippen LogP contribution in [-0.4, -0.2) is 26.1 Å². The molecule has 0 bridgehead atoms. The summed E-state index contributed by atoms with van der Waals surface area (Å²) >= 11 is 0. The standard InChI is InChI=1S/C14H16N2O/c1-16(2)9-5-7-13(11-15)12-6-4-8-14(10-12)17-3/h4-10H,1-3H3/b9-5+,13-7+. The molecule has 0 aliphatic rings. The second-order valence-corrected chi connectivity index (χ2v) is 3.73. The van der Waals surface area contributed by atoms with Crippen molar-refractivity contribution in [2.24, 2.45) is 0 Å². The average molecular weight is 228 g/mol. The lowest BCUT2D eigenvalue weighted by atomic mass is 10.1. The maximum Gasteiger partial charge on any atom is 0.119 e. The van der Waals surface area contributed by atoms with Gasteiger partial charge in [-0.2, -0.15) is 5.26 Å². The smallest absolute Gasteiger partial charge is 0.119 e. The molecule has 0 saturated heterocycles. The van der Waals surface area contributed by atoms with E-state index in [9.17, 15) is 0 Å². The van der Waals surface area contributed by atoms with Crippen molar-refractivity contribution in [3.05, 3.63) is 48.2 Å². The van der Waals surface area contributed by atoms with Gasteiger partial charge >= 0.3 is 0 Å². The van der Waals surface area contributed by atoms with Gasteiger partial charge in [-0.15, -0.1) is 0 Å². The predicted molar refractivity (Wildman–Crippen MR) is 69.4 cm³/mol. The number of nitriles is 1. The first-order chi connectivity index (χ1) is 8.17. The number of rotatable bonds is 4. The first-order valence-electron chi connectivity index (χ1n) is 5.27. The third-order valence-electron chi connectivity index (χ3n) is 2.15. The van der Waals surface area contributed by atoms with Crippen LogP contribution < -0.4 is 4.74 Å². The molecule has 0 spiro atoms. The Labute approximate surface area is 102 Å². The number of nitrogens with zero attached hydrogens (tertiary/aromatic N) is 2. The Morgan fingerprint density at radius 3 is 2.76 bits per heavy atom. The molecule has 88 valence electrons. The zero-order valence-electron chi connectivity index (χ0n) is 10.3. The summed E-state index contributed by atoms with van der Waals surface area (Å²) in [6.45, 7) is 0. The molecule has 0 unspecified atom stereocenters. The van der Waals surface area contributed by atoms with E-state index >= 15 is 0 Å². The molecule has 0 saturated carbocycles. The molecule has 1 rings (SSSR count). The molecular weight excluding hydrogens is 212 g/mol. The molecule has 3 heteroatoms.